The number of carbonyl (C=O) groups excluding carboxylic acids is 2. The van der Waals surface area contributed by atoms with E-state index in [4.69, 9.17) is 0 Å². The second-order valence-corrected chi connectivity index (χ2v) is 9.67. The van der Waals surface area contributed by atoms with Crippen molar-refractivity contribution in [2.45, 2.75) is 31.5 Å². The number of aromatic nitrogens is 2. The lowest BCUT2D eigenvalue weighted by molar-refractivity contribution is -0.129. The van der Waals surface area contributed by atoms with Crippen molar-refractivity contribution in [3.63, 3.8) is 0 Å². The molecule has 0 unspecified atom stereocenters. The predicted molar refractivity (Wildman–Crippen MR) is 129 cm³/mol. The summed E-state index contributed by atoms with van der Waals surface area (Å²) in [6, 6.07) is 11.0. The van der Waals surface area contributed by atoms with E-state index in [1.54, 1.807) is 20.4 Å². The number of thiophene rings is 1. The number of nitrogens with zero attached hydrogens (tertiary/aromatic N) is 4. The zero-order valence-corrected chi connectivity index (χ0v) is 19.8. The number of benzene rings is 1. The van der Waals surface area contributed by atoms with Gasteiger partial charge in [-0.25, -0.2) is 4.98 Å². The van der Waals surface area contributed by atoms with Crippen molar-refractivity contribution in [3.8, 4) is 0 Å². The fraction of sp³-hybridized carbons (Fsp3) is 0.391. The SMILES string of the molecule is CC[C@H](C)n1c(SCC(=O)N2CCN(C(=O)c3cccs3)CC2)nc2ccccc2c1=O. The molecule has 3 heterocycles. The van der Waals surface area contributed by atoms with Crippen LogP contribution in [0.5, 0.6) is 0 Å². The minimum Gasteiger partial charge on any atom is -0.338 e. The van der Waals surface area contributed by atoms with E-state index in [2.05, 4.69) is 4.98 Å². The Labute approximate surface area is 195 Å². The standard InChI is InChI=1S/C23H26N4O3S2/c1-3-16(2)27-21(29)17-7-4-5-8-18(17)24-23(27)32-15-20(28)25-10-12-26(13-11-25)22(30)19-9-6-14-31-19/h4-9,14,16H,3,10-13,15H2,1-2H3/t16-/m0/s1. The Morgan fingerprint density at radius 1 is 1.09 bits per heavy atom. The second-order valence-electron chi connectivity index (χ2n) is 7.78. The molecule has 1 fully saturated rings. The topological polar surface area (TPSA) is 75.5 Å². The van der Waals surface area contributed by atoms with E-state index in [1.807, 2.05) is 49.6 Å². The van der Waals surface area contributed by atoms with Crippen LogP contribution in [0, 0.1) is 0 Å². The summed E-state index contributed by atoms with van der Waals surface area (Å²) < 4.78 is 1.71. The molecule has 1 aliphatic rings. The summed E-state index contributed by atoms with van der Waals surface area (Å²) >= 11 is 2.74. The maximum Gasteiger partial charge on any atom is 0.264 e. The Kier molecular flexibility index (Phi) is 6.95. The summed E-state index contributed by atoms with van der Waals surface area (Å²) in [7, 11) is 0. The summed E-state index contributed by atoms with van der Waals surface area (Å²) in [5.41, 5.74) is 0.577. The molecule has 0 spiro atoms. The van der Waals surface area contributed by atoms with Crippen molar-refractivity contribution in [2.24, 2.45) is 0 Å². The van der Waals surface area contributed by atoms with Gasteiger partial charge in [0.15, 0.2) is 5.16 Å². The van der Waals surface area contributed by atoms with Crippen LogP contribution in [0.15, 0.2) is 51.7 Å². The molecule has 0 saturated carbocycles. The lowest BCUT2D eigenvalue weighted by atomic mass is 10.2. The quantitative estimate of drug-likeness (QED) is 0.407. The molecule has 2 aromatic heterocycles. The van der Waals surface area contributed by atoms with Gasteiger partial charge in [-0.2, -0.15) is 0 Å². The molecule has 1 aromatic carbocycles. The van der Waals surface area contributed by atoms with Crippen molar-refractivity contribution in [1.82, 2.24) is 19.4 Å². The molecule has 0 aliphatic carbocycles. The third kappa shape index (κ3) is 4.59. The normalized spacial score (nSPS) is 15.2. The predicted octanol–water partition coefficient (Wildman–Crippen LogP) is 3.51. The third-order valence-electron chi connectivity index (χ3n) is 5.78. The van der Waals surface area contributed by atoms with Gasteiger partial charge in [-0.1, -0.05) is 36.9 Å². The van der Waals surface area contributed by atoms with Crippen LogP contribution in [0.3, 0.4) is 0 Å². The number of para-hydroxylation sites is 1. The number of carbonyl (C=O) groups is 2. The van der Waals surface area contributed by atoms with Crippen LogP contribution in [0.4, 0.5) is 0 Å². The monoisotopic (exact) mass is 470 g/mol. The van der Waals surface area contributed by atoms with Crippen LogP contribution >= 0.6 is 23.1 Å². The summed E-state index contributed by atoms with van der Waals surface area (Å²) in [5.74, 6) is 0.232. The van der Waals surface area contributed by atoms with Crippen LogP contribution in [0.1, 0.15) is 36.0 Å². The summed E-state index contributed by atoms with van der Waals surface area (Å²) in [6.07, 6.45) is 0.793. The number of thioether (sulfide) groups is 1. The average molecular weight is 471 g/mol. The number of hydrogen-bond donors (Lipinski definition) is 0. The third-order valence-corrected chi connectivity index (χ3v) is 7.58. The van der Waals surface area contributed by atoms with E-state index in [9.17, 15) is 14.4 Å². The molecule has 2 amide bonds. The van der Waals surface area contributed by atoms with Crippen LogP contribution in [0.25, 0.3) is 10.9 Å². The Morgan fingerprint density at radius 2 is 1.81 bits per heavy atom. The Bertz CT molecular complexity index is 1170. The molecule has 1 atom stereocenters. The van der Waals surface area contributed by atoms with E-state index >= 15 is 0 Å². The Balaban J connectivity index is 1.43. The van der Waals surface area contributed by atoms with Crippen molar-refractivity contribution in [3.05, 3.63) is 57.0 Å². The maximum atomic E-state index is 13.1. The van der Waals surface area contributed by atoms with E-state index < -0.39 is 0 Å². The summed E-state index contributed by atoms with van der Waals surface area (Å²) in [4.78, 5) is 47.4. The lowest BCUT2D eigenvalue weighted by Gasteiger charge is -2.34. The molecule has 168 valence electrons. The van der Waals surface area contributed by atoms with Gasteiger partial charge in [0, 0.05) is 32.2 Å². The first-order valence-electron chi connectivity index (χ1n) is 10.7. The zero-order chi connectivity index (χ0) is 22.7. The number of amides is 2. The number of rotatable bonds is 6. The first-order chi connectivity index (χ1) is 15.5. The van der Waals surface area contributed by atoms with E-state index in [1.165, 1.54) is 23.1 Å². The van der Waals surface area contributed by atoms with Gasteiger partial charge < -0.3 is 9.80 Å². The van der Waals surface area contributed by atoms with Crippen molar-refractivity contribution < 1.29 is 9.59 Å². The first kappa shape index (κ1) is 22.5. The molecule has 0 N–H and O–H groups in total. The van der Waals surface area contributed by atoms with Gasteiger partial charge in [0.05, 0.1) is 21.5 Å². The highest BCUT2D eigenvalue weighted by atomic mass is 32.2. The van der Waals surface area contributed by atoms with Gasteiger partial charge in [-0.15, -0.1) is 11.3 Å². The van der Waals surface area contributed by atoms with E-state index in [0.717, 1.165) is 11.3 Å². The Morgan fingerprint density at radius 3 is 2.50 bits per heavy atom. The molecule has 9 heteroatoms. The lowest BCUT2D eigenvalue weighted by Crippen LogP contribution is -2.51. The minimum absolute atomic E-state index is 0.00340. The molecule has 0 radical (unpaired) electrons. The van der Waals surface area contributed by atoms with Gasteiger partial charge in [-0.05, 0) is 36.9 Å². The van der Waals surface area contributed by atoms with Gasteiger partial charge in [0.25, 0.3) is 11.5 Å². The van der Waals surface area contributed by atoms with E-state index in [0.29, 0.717) is 42.2 Å². The van der Waals surface area contributed by atoms with Crippen LogP contribution in [-0.4, -0.2) is 63.1 Å². The van der Waals surface area contributed by atoms with Crippen LogP contribution in [0.2, 0.25) is 0 Å². The number of fused-ring (bicyclic) bond motifs is 1. The molecule has 3 aromatic rings. The fourth-order valence-corrected chi connectivity index (χ4v) is 5.42. The molecule has 1 aliphatic heterocycles. The smallest absolute Gasteiger partial charge is 0.264 e. The summed E-state index contributed by atoms with van der Waals surface area (Å²) in [6.45, 7) is 6.11. The van der Waals surface area contributed by atoms with Crippen molar-refractivity contribution in [2.75, 3.05) is 31.9 Å². The molecular formula is C23H26N4O3S2. The average Bonchev–Trinajstić information content (AvgIpc) is 3.37. The van der Waals surface area contributed by atoms with Crippen molar-refractivity contribution >= 4 is 45.8 Å². The Hall–Kier alpha value is -2.65. The van der Waals surface area contributed by atoms with Gasteiger partial charge >= 0.3 is 0 Å². The molecule has 7 nitrogen and oxygen atoms in total. The molecule has 0 bridgehead atoms. The zero-order valence-electron chi connectivity index (χ0n) is 18.2. The van der Waals surface area contributed by atoms with Gasteiger partial charge in [0.1, 0.15) is 0 Å². The highest BCUT2D eigenvalue weighted by Gasteiger charge is 2.26. The van der Waals surface area contributed by atoms with Crippen LogP contribution in [-0.2, 0) is 4.79 Å². The molecule has 1 saturated heterocycles. The summed E-state index contributed by atoms with van der Waals surface area (Å²) in [5, 5.41) is 3.06. The molecule has 32 heavy (non-hydrogen) atoms. The number of hydrogen-bond acceptors (Lipinski definition) is 6. The van der Waals surface area contributed by atoms with Crippen molar-refractivity contribution in [1.29, 1.82) is 0 Å². The maximum absolute atomic E-state index is 13.1. The largest absolute Gasteiger partial charge is 0.338 e. The highest BCUT2D eigenvalue weighted by Crippen LogP contribution is 2.23. The van der Waals surface area contributed by atoms with Gasteiger partial charge in [-0.3, -0.25) is 19.0 Å². The molecule has 4 rings (SSSR count). The second kappa shape index (κ2) is 9.87. The van der Waals surface area contributed by atoms with Crippen LogP contribution < -0.4 is 5.56 Å². The first-order valence-corrected chi connectivity index (χ1v) is 12.6. The fourth-order valence-electron chi connectivity index (χ4n) is 3.73. The highest BCUT2D eigenvalue weighted by molar-refractivity contribution is 7.99. The van der Waals surface area contributed by atoms with Gasteiger partial charge in [0.2, 0.25) is 5.91 Å². The number of piperazine rings is 1. The molecular weight excluding hydrogens is 444 g/mol. The van der Waals surface area contributed by atoms with E-state index in [-0.39, 0.29) is 29.2 Å². The minimum atomic E-state index is -0.0689.